The number of fused-ring (bicyclic) bond motifs is 1. The predicted molar refractivity (Wildman–Crippen MR) is 155 cm³/mol. The molecule has 0 aliphatic heterocycles. The Hall–Kier alpha value is -3.93. The second kappa shape index (κ2) is 10.8. The number of nitrogens with one attached hydrogen (secondary N) is 1. The van der Waals surface area contributed by atoms with Crippen LogP contribution in [0.5, 0.6) is 0 Å². The van der Waals surface area contributed by atoms with E-state index in [1.165, 1.54) is 0 Å². The van der Waals surface area contributed by atoms with Gasteiger partial charge in [-0.15, -0.1) is 0 Å². The molecule has 2 amide bonds. The summed E-state index contributed by atoms with van der Waals surface area (Å²) in [5.74, 6) is 0.390. The summed E-state index contributed by atoms with van der Waals surface area (Å²) >= 11 is 0. The van der Waals surface area contributed by atoms with Crippen LogP contribution < -0.4 is 5.32 Å². The summed E-state index contributed by atoms with van der Waals surface area (Å²) in [6.45, 7) is 14.9. The van der Waals surface area contributed by atoms with E-state index in [0.717, 1.165) is 33.3 Å². The minimum Gasteiger partial charge on any atom is -0.329 e. The Morgan fingerprint density at radius 3 is 2.34 bits per heavy atom. The van der Waals surface area contributed by atoms with Crippen molar-refractivity contribution in [2.24, 2.45) is 5.92 Å². The molecule has 0 bridgehead atoms. The predicted octanol–water partition coefficient (Wildman–Crippen LogP) is 6.68. The van der Waals surface area contributed by atoms with Crippen molar-refractivity contribution in [3.8, 4) is 5.69 Å². The fourth-order valence-electron chi connectivity index (χ4n) is 4.51. The van der Waals surface area contributed by atoms with Crippen molar-refractivity contribution in [3.63, 3.8) is 0 Å². The van der Waals surface area contributed by atoms with Gasteiger partial charge in [-0.25, -0.2) is 4.68 Å². The van der Waals surface area contributed by atoms with Gasteiger partial charge in [0, 0.05) is 23.6 Å². The first-order valence-electron chi connectivity index (χ1n) is 13.2. The van der Waals surface area contributed by atoms with Gasteiger partial charge >= 0.3 is 0 Å². The lowest BCUT2D eigenvalue weighted by Gasteiger charge is -2.24. The minimum absolute atomic E-state index is 0.0489. The SMILES string of the molecule is Cc1cccc(-n2nc(C(C)(C)C)cc2NC(=O)CN(CC(C)C)C(=O)c2ccc3ccccc3c2)c1C. The topological polar surface area (TPSA) is 67.2 Å². The number of nitrogens with zero attached hydrogens (tertiary/aromatic N) is 3. The van der Waals surface area contributed by atoms with Crippen LogP contribution in [0.2, 0.25) is 0 Å². The molecular formula is C32H38N4O2. The summed E-state index contributed by atoms with van der Waals surface area (Å²) in [7, 11) is 0. The average Bonchev–Trinajstić information content (AvgIpc) is 3.28. The molecule has 1 heterocycles. The number of rotatable bonds is 7. The number of carbonyl (C=O) groups excluding carboxylic acids is 2. The van der Waals surface area contributed by atoms with Crippen LogP contribution in [0.3, 0.4) is 0 Å². The maximum absolute atomic E-state index is 13.5. The van der Waals surface area contributed by atoms with Crippen LogP contribution in [0.15, 0.2) is 66.7 Å². The normalized spacial score (nSPS) is 11.7. The Kier molecular flexibility index (Phi) is 7.72. The minimum atomic E-state index is -0.258. The Balaban J connectivity index is 1.62. The van der Waals surface area contributed by atoms with E-state index in [4.69, 9.17) is 5.10 Å². The van der Waals surface area contributed by atoms with Crippen LogP contribution in [0.4, 0.5) is 5.82 Å². The molecule has 198 valence electrons. The maximum Gasteiger partial charge on any atom is 0.254 e. The van der Waals surface area contributed by atoms with Crippen molar-refractivity contribution >= 4 is 28.4 Å². The third-order valence-corrected chi connectivity index (χ3v) is 6.75. The summed E-state index contributed by atoms with van der Waals surface area (Å²) in [6, 6.07) is 21.6. The van der Waals surface area contributed by atoms with E-state index >= 15 is 0 Å². The number of amides is 2. The van der Waals surface area contributed by atoms with Crippen LogP contribution in [0.25, 0.3) is 16.5 Å². The smallest absolute Gasteiger partial charge is 0.254 e. The van der Waals surface area contributed by atoms with Crippen LogP contribution in [0, 0.1) is 19.8 Å². The van der Waals surface area contributed by atoms with Gasteiger partial charge in [-0.1, -0.05) is 77.1 Å². The molecule has 0 unspecified atom stereocenters. The van der Waals surface area contributed by atoms with Crippen LogP contribution >= 0.6 is 0 Å². The first-order chi connectivity index (χ1) is 17.9. The number of aryl methyl sites for hydroxylation is 1. The lowest BCUT2D eigenvalue weighted by Crippen LogP contribution is -2.40. The summed E-state index contributed by atoms with van der Waals surface area (Å²) < 4.78 is 1.80. The Labute approximate surface area is 225 Å². The van der Waals surface area contributed by atoms with Gasteiger partial charge in [0.05, 0.1) is 11.4 Å². The monoisotopic (exact) mass is 510 g/mol. The molecule has 0 aliphatic carbocycles. The number of aromatic nitrogens is 2. The van der Waals surface area contributed by atoms with E-state index in [0.29, 0.717) is 17.9 Å². The number of anilines is 1. The molecule has 4 aromatic rings. The second-order valence-corrected chi connectivity index (χ2v) is 11.5. The van der Waals surface area contributed by atoms with Crippen LogP contribution in [0.1, 0.15) is 61.8 Å². The number of carbonyl (C=O) groups is 2. The molecule has 0 saturated carbocycles. The van der Waals surface area contributed by atoms with E-state index in [-0.39, 0.29) is 29.7 Å². The van der Waals surface area contributed by atoms with Crippen molar-refractivity contribution in [2.45, 2.75) is 53.9 Å². The highest BCUT2D eigenvalue weighted by molar-refractivity contribution is 6.01. The van der Waals surface area contributed by atoms with Gasteiger partial charge in [-0.05, 0) is 59.9 Å². The zero-order chi connectivity index (χ0) is 27.6. The van der Waals surface area contributed by atoms with Gasteiger partial charge in [0.1, 0.15) is 12.4 Å². The van der Waals surface area contributed by atoms with Crippen LogP contribution in [-0.2, 0) is 10.2 Å². The number of hydrogen-bond acceptors (Lipinski definition) is 3. The van der Waals surface area contributed by atoms with Crippen molar-refractivity contribution in [1.82, 2.24) is 14.7 Å². The highest BCUT2D eigenvalue weighted by Crippen LogP contribution is 2.28. The van der Waals surface area contributed by atoms with Gasteiger partial charge in [-0.3, -0.25) is 9.59 Å². The fraction of sp³-hybridized carbons (Fsp3) is 0.344. The summed E-state index contributed by atoms with van der Waals surface area (Å²) in [6.07, 6.45) is 0. The summed E-state index contributed by atoms with van der Waals surface area (Å²) in [4.78, 5) is 28.6. The van der Waals surface area contributed by atoms with Gasteiger partial charge in [0.15, 0.2) is 0 Å². The van der Waals surface area contributed by atoms with E-state index in [2.05, 4.69) is 46.0 Å². The molecule has 6 nitrogen and oxygen atoms in total. The molecule has 0 atom stereocenters. The first kappa shape index (κ1) is 27.1. The largest absolute Gasteiger partial charge is 0.329 e. The average molecular weight is 511 g/mol. The third-order valence-electron chi connectivity index (χ3n) is 6.75. The Morgan fingerprint density at radius 2 is 1.66 bits per heavy atom. The molecule has 0 fully saturated rings. The summed E-state index contributed by atoms with van der Waals surface area (Å²) in [5.41, 5.74) is 4.42. The lowest BCUT2D eigenvalue weighted by atomic mass is 9.92. The fourth-order valence-corrected chi connectivity index (χ4v) is 4.51. The van der Waals surface area contributed by atoms with E-state index in [9.17, 15) is 9.59 Å². The van der Waals surface area contributed by atoms with Crippen molar-refractivity contribution in [1.29, 1.82) is 0 Å². The molecular weight excluding hydrogens is 472 g/mol. The van der Waals surface area contributed by atoms with Crippen molar-refractivity contribution in [2.75, 3.05) is 18.4 Å². The zero-order valence-corrected chi connectivity index (χ0v) is 23.5. The molecule has 4 rings (SSSR count). The maximum atomic E-state index is 13.5. The third kappa shape index (κ3) is 5.96. The van der Waals surface area contributed by atoms with Gasteiger partial charge in [0.25, 0.3) is 5.91 Å². The Morgan fingerprint density at radius 1 is 0.947 bits per heavy atom. The zero-order valence-electron chi connectivity index (χ0n) is 23.5. The molecule has 0 spiro atoms. The van der Waals surface area contributed by atoms with E-state index in [1.54, 1.807) is 9.58 Å². The van der Waals surface area contributed by atoms with Gasteiger partial charge < -0.3 is 10.2 Å². The lowest BCUT2D eigenvalue weighted by molar-refractivity contribution is -0.117. The first-order valence-corrected chi connectivity index (χ1v) is 13.2. The molecule has 3 aromatic carbocycles. The molecule has 1 aromatic heterocycles. The number of hydrogen-bond donors (Lipinski definition) is 1. The molecule has 6 heteroatoms. The van der Waals surface area contributed by atoms with Gasteiger partial charge in [0.2, 0.25) is 5.91 Å². The quantitative estimate of drug-likeness (QED) is 0.302. The molecule has 38 heavy (non-hydrogen) atoms. The highest BCUT2D eigenvalue weighted by atomic mass is 16.2. The Bertz CT molecular complexity index is 1480. The highest BCUT2D eigenvalue weighted by Gasteiger charge is 2.24. The van der Waals surface area contributed by atoms with Crippen molar-refractivity contribution < 1.29 is 9.59 Å². The molecule has 0 aliphatic rings. The van der Waals surface area contributed by atoms with Gasteiger partial charge in [-0.2, -0.15) is 5.10 Å². The van der Waals surface area contributed by atoms with Crippen LogP contribution in [-0.4, -0.2) is 39.6 Å². The standard InChI is InChI=1S/C32H38N4O2/c1-21(2)19-35(31(38)26-16-15-24-12-8-9-13-25(24)17-26)20-30(37)33-29-18-28(32(5,6)7)34-36(29)27-14-10-11-22(3)23(27)4/h8-18,21H,19-20H2,1-7H3,(H,33,37). The summed E-state index contributed by atoms with van der Waals surface area (Å²) in [5, 5.41) is 10.00. The van der Waals surface area contributed by atoms with E-state index < -0.39 is 0 Å². The van der Waals surface area contributed by atoms with Crippen molar-refractivity contribution in [3.05, 3.63) is 89.1 Å². The number of benzene rings is 3. The second-order valence-electron chi connectivity index (χ2n) is 11.5. The molecule has 1 N–H and O–H groups in total. The molecule has 0 saturated heterocycles. The molecule has 0 radical (unpaired) electrons. The van der Waals surface area contributed by atoms with E-state index in [1.807, 2.05) is 74.5 Å².